The quantitative estimate of drug-likeness (QED) is 0.0817. The van der Waals surface area contributed by atoms with E-state index in [0.717, 1.165) is 30.4 Å². The number of unbranched alkanes of at least 4 members (excludes halogenated alkanes) is 6. The third-order valence-corrected chi connectivity index (χ3v) is 13.6. The Labute approximate surface area is 274 Å². The van der Waals surface area contributed by atoms with Crippen LogP contribution >= 0.6 is 0 Å². The summed E-state index contributed by atoms with van der Waals surface area (Å²) in [5.74, 6) is -0.289. The molecule has 0 aromatic heterocycles. The van der Waals surface area contributed by atoms with Crippen molar-refractivity contribution in [2.75, 3.05) is 6.61 Å². The lowest BCUT2D eigenvalue weighted by atomic mass is 10.0. The van der Waals surface area contributed by atoms with Gasteiger partial charge in [-0.1, -0.05) is 157 Å². The third-order valence-electron chi connectivity index (χ3n) is 8.56. The molecule has 0 aliphatic heterocycles. The van der Waals surface area contributed by atoms with Crippen LogP contribution in [0.5, 0.6) is 0 Å². The first-order chi connectivity index (χ1) is 21.7. The molecule has 5 heteroatoms. The highest BCUT2D eigenvalue weighted by molar-refractivity contribution is 6.99. The summed E-state index contributed by atoms with van der Waals surface area (Å²) < 4.78 is 13.3. The molecule has 3 aromatic rings. The fraction of sp³-hybridized carbons (Fsp3) is 0.475. The molecule has 1 N–H and O–H groups in total. The normalized spacial score (nSPS) is 13.6. The number of ether oxygens (including phenoxy) is 1. The average Bonchev–Trinajstić information content (AvgIpc) is 3.03. The number of hydrogen-bond donors (Lipinski definition) is 1. The first-order valence-electron chi connectivity index (χ1n) is 17.1. The lowest BCUT2D eigenvalue weighted by molar-refractivity contribution is -0.147. The summed E-state index contributed by atoms with van der Waals surface area (Å²) >= 11 is 0. The lowest BCUT2D eigenvalue weighted by Gasteiger charge is -2.45. The number of benzene rings is 3. The van der Waals surface area contributed by atoms with Crippen LogP contribution in [0.4, 0.5) is 0 Å². The Morgan fingerprint density at radius 2 is 1.40 bits per heavy atom. The number of rotatable bonds is 19. The molecule has 244 valence electrons. The molecular formula is C40H56O4Si. The number of carbonyl (C=O) groups is 1. The second-order valence-corrected chi connectivity index (χ2v) is 17.5. The molecule has 3 rings (SSSR count). The largest absolute Gasteiger partial charge is 0.458 e. The molecule has 4 nitrogen and oxygen atoms in total. The van der Waals surface area contributed by atoms with Crippen LogP contribution in [0.2, 0.25) is 5.04 Å². The Morgan fingerprint density at radius 1 is 0.800 bits per heavy atom. The average molecular weight is 629 g/mol. The molecule has 0 amide bonds. The molecule has 2 unspecified atom stereocenters. The molecule has 0 aliphatic carbocycles. The summed E-state index contributed by atoms with van der Waals surface area (Å²) in [6, 6.07) is 30.0. The van der Waals surface area contributed by atoms with Gasteiger partial charge in [0.2, 0.25) is 0 Å². The standard InChI is InChI=1S/C40H56O4Si/c1-6-7-8-9-10-13-23-36(30-29-34-21-20-22-35(32-34)39(43-33(2)42)28-18-19-31-41)44-45(40(3,4)5,37-24-14-11-15-25-37)38-26-16-12-17-27-38/h11-12,14-17,20-22,24-27,29-30,32,36,39,41H,6-10,13,18-19,23,28,31H2,1-5H3/b30-29+. The van der Waals surface area contributed by atoms with Gasteiger partial charge in [-0.2, -0.15) is 0 Å². The SMILES string of the molecule is CCCCCCCCC(/C=C/c1cccc(C(CCCCO)OC(C)=O)c1)O[Si](c1ccccc1)(c1ccccc1)C(C)(C)C. The van der Waals surface area contributed by atoms with Crippen molar-refractivity contribution in [3.05, 3.63) is 102 Å². The van der Waals surface area contributed by atoms with E-state index in [2.05, 4.69) is 113 Å². The summed E-state index contributed by atoms with van der Waals surface area (Å²) in [6.07, 6.45) is 14.6. The zero-order valence-corrected chi connectivity index (χ0v) is 29.3. The Balaban J connectivity index is 1.99. The van der Waals surface area contributed by atoms with Crippen LogP contribution in [-0.4, -0.2) is 32.1 Å². The molecule has 45 heavy (non-hydrogen) atoms. The van der Waals surface area contributed by atoms with E-state index in [9.17, 15) is 9.90 Å². The lowest BCUT2D eigenvalue weighted by Crippen LogP contribution is -2.67. The molecule has 0 heterocycles. The van der Waals surface area contributed by atoms with E-state index in [4.69, 9.17) is 9.16 Å². The molecule has 0 aliphatic rings. The van der Waals surface area contributed by atoms with E-state index in [-0.39, 0.29) is 29.8 Å². The first kappa shape index (κ1) is 36.5. The van der Waals surface area contributed by atoms with Crippen molar-refractivity contribution >= 4 is 30.7 Å². The zero-order valence-electron chi connectivity index (χ0n) is 28.3. The van der Waals surface area contributed by atoms with Crippen molar-refractivity contribution < 1.29 is 19.1 Å². The number of aliphatic hydroxyl groups excluding tert-OH is 1. The topological polar surface area (TPSA) is 55.8 Å². The maximum atomic E-state index is 11.9. The monoisotopic (exact) mass is 628 g/mol. The smallest absolute Gasteiger partial charge is 0.303 e. The molecule has 2 atom stereocenters. The van der Waals surface area contributed by atoms with Crippen molar-refractivity contribution in [1.82, 2.24) is 0 Å². The van der Waals surface area contributed by atoms with Gasteiger partial charge in [0, 0.05) is 13.5 Å². The third kappa shape index (κ3) is 11.1. The van der Waals surface area contributed by atoms with E-state index >= 15 is 0 Å². The second-order valence-electron chi connectivity index (χ2n) is 13.2. The molecule has 0 saturated carbocycles. The van der Waals surface area contributed by atoms with Crippen molar-refractivity contribution in [1.29, 1.82) is 0 Å². The Kier molecular flexibility index (Phi) is 15.3. The number of esters is 1. The Bertz CT molecular complexity index is 1240. The van der Waals surface area contributed by atoms with Gasteiger partial charge >= 0.3 is 5.97 Å². The second kappa shape index (κ2) is 18.9. The van der Waals surface area contributed by atoms with E-state index in [1.54, 1.807) is 0 Å². The van der Waals surface area contributed by atoms with E-state index in [1.807, 2.05) is 12.1 Å². The maximum Gasteiger partial charge on any atom is 0.303 e. The van der Waals surface area contributed by atoms with Crippen LogP contribution in [-0.2, 0) is 14.0 Å². The summed E-state index contributed by atoms with van der Waals surface area (Å²) in [4.78, 5) is 11.9. The highest BCUT2D eigenvalue weighted by Gasteiger charge is 2.51. The van der Waals surface area contributed by atoms with Gasteiger partial charge in [0.25, 0.3) is 8.32 Å². The number of hydrogen-bond acceptors (Lipinski definition) is 4. The summed E-state index contributed by atoms with van der Waals surface area (Å²) in [6.45, 7) is 10.9. The van der Waals surface area contributed by atoms with Gasteiger partial charge in [-0.05, 0) is 58.3 Å². The number of aliphatic hydroxyl groups is 1. The minimum atomic E-state index is -2.73. The fourth-order valence-corrected chi connectivity index (χ4v) is 10.9. The molecular weight excluding hydrogens is 573 g/mol. The van der Waals surface area contributed by atoms with Gasteiger partial charge < -0.3 is 14.3 Å². The van der Waals surface area contributed by atoms with Gasteiger partial charge in [-0.25, -0.2) is 0 Å². The predicted molar refractivity (Wildman–Crippen MR) is 191 cm³/mol. The Hall–Kier alpha value is -2.99. The van der Waals surface area contributed by atoms with Crippen molar-refractivity contribution in [2.24, 2.45) is 0 Å². The van der Waals surface area contributed by atoms with Gasteiger partial charge in [0.05, 0.1) is 6.10 Å². The van der Waals surface area contributed by atoms with Crippen molar-refractivity contribution in [3.63, 3.8) is 0 Å². The first-order valence-corrected chi connectivity index (χ1v) is 19.0. The highest BCUT2D eigenvalue weighted by atomic mass is 28.4. The van der Waals surface area contributed by atoms with E-state index in [1.165, 1.54) is 49.4 Å². The Morgan fingerprint density at radius 3 is 1.98 bits per heavy atom. The number of carbonyl (C=O) groups excluding carboxylic acids is 1. The van der Waals surface area contributed by atoms with Crippen LogP contribution < -0.4 is 10.4 Å². The zero-order chi connectivity index (χ0) is 32.5. The van der Waals surface area contributed by atoms with Gasteiger partial charge in [-0.3, -0.25) is 4.79 Å². The van der Waals surface area contributed by atoms with Crippen LogP contribution in [0.25, 0.3) is 6.08 Å². The molecule has 0 bridgehead atoms. The van der Waals surface area contributed by atoms with Crippen molar-refractivity contribution in [3.8, 4) is 0 Å². The van der Waals surface area contributed by atoms with Crippen LogP contribution in [0.1, 0.15) is 116 Å². The van der Waals surface area contributed by atoms with Crippen LogP contribution in [0.3, 0.4) is 0 Å². The summed E-state index contributed by atoms with van der Waals surface area (Å²) in [7, 11) is -2.73. The fourth-order valence-electron chi connectivity index (χ4n) is 6.26. The summed E-state index contributed by atoms with van der Waals surface area (Å²) in [5.41, 5.74) is 2.04. The minimum Gasteiger partial charge on any atom is -0.458 e. The van der Waals surface area contributed by atoms with Gasteiger partial charge in [-0.15, -0.1) is 0 Å². The summed E-state index contributed by atoms with van der Waals surface area (Å²) in [5, 5.41) is 11.7. The van der Waals surface area contributed by atoms with E-state index < -0.39 is 8.32 Å². The van der Waals surface area contributed by atoms with Crippen LogP contribution in [0.15, 0.2) is 91.0 Å². The molecule has 0 fully saturated rings. The van der Waals surface area contributed by atoms with Gasteiger partial charge in [0.1, 0.15) is 6.10 Å². The van der Waals surface area contributed by atoms with Crippen molar-refractivity contribution in [2.45, 2.75) is 116 Å². The molecule has 0 radical (unpaired) electrons. The van der Waals surface area contributed by atoms with Crippen LogP contribution in [0, 0.1) is 0 Å². The molecule has 0 saturated heterocycles. The predicted octanol–water partition coefficient (Wildman–Crippen LogP) is 9.16. The maximum absolute atomic E-state index is 11.9. The van der Waals surface area contributed by atoms with Gasteiger partial charge in [0.15, 0.2) is 0 Å². The molecule has 0 spiro atoms. The van der Waals surface area contributed by atoms with E-state index in [0.29, 0.717) is 12.8 Å². The molecule has 3 aromatic carbocycles. The minimum absolute atomic E-state index is 0.0556. The highest BCUT2D eigenvalue weighted by Crippen LogP contribution is 2.38.